The predicted octanol–water partition coefficient (Wildman–Crippen LogP) is 4.17. The molecule has 8 nitrogen and oxygen atoms in total. The molecular formula is C28H30N4O4. The van der Waals surface area contributed by atoms with Crippen LogP contribution in [0.3, 0.4) is 0 Å². The number of hydrogen-bond donors (Lipinski definition) is 3. The van der Waals surface area contributed by atoms with Crippen LogP contribution in [0.2, 0.25) is 0 Å². The van der Waals surface area contributed by atoms with Gasteiger partial charge in [0.05, 0.1) is 13.3 Å². The Bertz CT molecular complexity index is 1230. The summed E-state index contributed by atoms with van der Waals surface area (Å²) in [5.74, 6) is -0.716. The molecule has 3 rings (SSSR count). The number of hydrogen-bond acceptors (Lipinski definition) is 6. The Labute approximate surface area is 210 Å². The Hall–Kier alpha value is -4.59. The van der Waals surface area contributed by atoms with Gasteiger partial charge in [-0.05, 0) is 73.5 Å². The molecule has 0 saturated heterocycles. The van der Waals surface area contributed by atoms with Gasteiger partial charge in [0.15, 0.2) is 11.5 Å². The highest BCUT2D eigenvalue weighted by atomic mass is 16.5. The van der Waals surface area contributed by atoms with Crippen molar-refractivity contribution < 1.29 is 19.4 Å². The molecule has 8 heteroatoms. The fraction of sp³-hybridized carbons (Fsp3) is 0.179. The van der Waals surface area contributed by atoms with Crippen LogP contribution in [0.4, 0.5) is 5.69 Å². The van der Waals surface area contributed by atoms with E-state index >= 15 is 0 Å². The summed E-state index contributed by atoms with van der Waals surface area (Å²) in [6.45, 7) is 5.95. The minimum absolute atomic E-state index is 0.000424. The number of hydrazone groups is 1. The van der Waals surface area contributed by atoms with Crippen molar-refractivity contribution in [2.75, 3.05) is 25.1 Å². The zero-order valence-electron chi connectivity index (χ0n) is 20.6. The lowest BCUT2D eigenvalue weighted by molar-refractivity contribution is -0.117. The maximum absolute atomic E-state index is 13.0. The van der Waals surface area contributed by atoms with E-state index in [4.69, 9.17) is 4.74 Å². The van der Waals surface area contributed by atoms with Gasteiger partial charge in [-0.25, -0.2) is 5.43 Å². The number of nitrogens with one attached hydrogen (secondary N) is 2. The molecule has 0 heterocycles. The number of benzene rings is 3. The SMILES string of the molecule is CCN(CC)c1ccc(/C=C(\NC(=O)c2ccccc2)C(=O)NN=Cc2ccc(O)c(OC)c2)cc1. The minimum Gasteiger partial charge on any atom is -0.504 e. The molecule has 0 aliphatic heterocycles. The van der Waals surface area contributed by atoms with Gasteiger partial charge >= 0.3 is 0 Å². The van der Waals surface area contributed by atoms with Gasteiger partial charge in [0, 0.05) is 24.3 Å². The second kappa shape index (κ2) is 12.8. The number of anilines is 1. The molecule has 2 amide bonds. The van der Waals surface area contributed by atoms with Crippen molar-refractivity contribution in [2.45, 2.75) is 13.8 Å². The van der Waals surface area contributed by atoms with E-state index in [9.17, 15) is 14.7 Å². The molecule has 0 bridgehead atoms. The van der Waals surface area contributed by atoms with Crippen LogP contribution < -0.4 is 20.4 Å². The second-order valence-corrected chi connectivity index (χ2v) is 7.77. The molecule has 186 valence electrons. The molecule has 3 aromatic rings. The van der Waals surface area contributed by atoms with E-state index < -0.39 is 11.8 Å². The fourth-order valence-corrected chi connectivity index (χ4v) is 3.48. The normalized spacial score (nSPS) is 11.2. The van der Waals surface area contributed by atoms with Crippen LogP contribution in [-0.4, -0.2) is 43.3 Å². The summed E-state index contributed by atoms with van der Waals surface area (Å²) in [4.78, 5) is 27.9. The minimum atomic E-state index is -0.589. The summed E-state index contributed by atoms with van der Waals surface area (Å²) in [5, 5.41) is 16.4. The van der Waals surface area contributed by atoms with E-state index in [1.54, 1.807) is 42.5 Å². The van der Waals surface area contributed by atoms with Gasteiger partial charge in [0.2, 0.25) is 0 Å². The number of rotatable bonds is 10. The van der Waals surface area contributed by atoms with E-state index in [-0.39, 0.29) is 17.2 Å². The number of carbonyl (C=O) groups excluding carboxylic acids is 2. The number of carbonyl (C=O) groups is 2. The summed E-state index contributed by atoms with van der Waals surface area (Å²) in [6, 6.07) is 21.0. The molecule has 0 unspecified atom stereocenters. The summed E-state index contributed by atoms with van der Waals surface area (Å²) < 4.78 is 5.08. The third-order valence-corrected chi connectivity index (χ3v) is 5.44. The number of ether oxygens (including phenoxy) is 1. The van der Waals surface area contributed by atoms with Crippen molar-refractivity contribution >= 4 is 29.8 Å². The first-order chi connectivity index (χ1) is 17.4. The molecular weight excluding hydrogens is 456 g/mol. The Morgan fingerprint density at radius 1 is 0.972 bits per heavy atom. The van der Waals surface area contributed by atoms with Crippen molar-refractivity contribution in [3.8, 4) is 11.5 Å². The fourth-order valence-electron chi connectivity index (χ4n) is 3.48. The summed E-state index contributed by atoms with van der Waals surface area (Å²) >= 11 is 0. The zero-order chi connectivity index (χ0) is 25.9. The van der Waals surface area contributed by atoms with E-state index in [0.717, 1.165) is 24.3 Å². The number of amides is 2. The molecule has 0 atom stereocenters. The maximum atomic E-state index is 13.0. The lowest BCUT2D eigenvalue weighted by Crippen LogP contribution is -2.32. The van der Waals surface area contributed by atoms with Crippen LogP contribution in [0.15, 0.2) is 83.6 Å². The lowest BCUT2D eigenvalue weighted by Gasteiger charge is -2.20. The van der Waals surface area contributed by atoms with Gasteiger partial charge in [-0.15, -0.1) is 0 Å². The first kappa shape index (κ1) is 26.0. The van der Waals surface area contributed by atoms with Gasteiger partial charge in [-0.3, -0.25) is 9.59 Å². The summed E-state index contributed by atoms with van der Waals surface area (Å²) in [5.41, 5.74) is 5.34. The van der Waals surface area contributed by atoms with Crippen molar-refractivity contribution in [3.05, 3.63) is 95.2 Å². The second-order valence-electron chi connectivity index (χ2n) is 7.77. The third kappa shape index (κ3) is 6.96. The topological polar surface area (TPSA) is 103 Å². The predicted molar refractivity (Wildman–Crippen MR) is 142 cm³/mol. The Morgan fingerprint density at radius 3 is 2.28 bits per heavy atom. The largest absolute Gasteiger partial charge is 0.504 e. The quantitative estimate of drug-likeness (QED) is 0.227. The first-order valence-electron chi connectivity index (χ1n) is 11.6. The molecule has 0 aliphatic carbocycles. The van der Waals surface area contributed by atoms with Crippen LogP contribution in [0, 0.1) is 0 Å². The van der Waals surface area contributed by atoms with E-state index in [2.05, 4.69) is 34.6 Å². The van der Waals surface area contributed by atoms with E-state index in [1.165, 1.54) is 19.4 Å². The molecule has 0 saturated carbocycles. The number of methoxy groups -OCH3 is 1. The molecule has 0 aromatic heterocycles. The molecule has 0 aliphatic rings. The highest BCUT2D eigenvalue weighted by molar-refractivity contribution is 6.05. The van der Waals surface area contributed by atoms with Gasteiger partial charge < -0.3 is 20.1 Å². The van der Waals surface area contributed by atoms with E-state index in [0.29, 0.717) is 11.1 Å². The molecule has 0 fully saturated rings. The van der Waals surface area contributed by atoms with Crippen molar-refractivity contribution in [3.63, 3.8) is 0 Å². The van der Waals surface area contributed by atoms with Gasteiger partial charge in [0.25, 0.3) is 11.8 Å². The Morgan fingerprint density at radius 2 is 1.64 bits per heavy atom. The number of phenolic OH excluding ortho intramolecular Hbond substituents is 1. The molecule has 0 radical (unpaired) electrons. The first-order valence-corrected chi connectivity index (χ1v) is 11.6. The third-order valence-electron chi connectivity index (χ3n) is 5.44. The van der Waals surface area contributed by atoms with Crippen LogP contribution >= 0.6 is 0 Å². The van der Waals surface area contributed by atoms with Crippen molar-refractivity contribution in [2.24, 2.45) is 5.10 Å². The lowest BCUT2D eigenvalue weighted by atomic mass is 10.1. The average molecular weight is 487 g/mol. The molecule has 0 spiro atoms. The van der Waals surface area contributed by atoms with Crippen molar-refractivity contribution in [1.82, 2.24) is 10.7 Å². The monoisotopic (exact) mass is 486 g/mol. The number of phenols is 1. The Balaban J connectivity index is 1.82. The number of aromatic hydroxyl groups is 1. The molecule has 3 N–H and O–H groups in total. The standard InChI is InChI=1S/C28H30N4O4/c1-4-32(5-2)23-14-11-20(12-15-23)17-24(30-27(34)22-9-7-6-8-10-22)28(35)31-29-19-21-13-16-25(33)26(18-21)36-3/h6-19,33H,4-5H2,1-3H3,(H,30,34)(H,31,35)/b24-17-,29-19?. The Kier molecular flexibility index (Phi) is 9.22. The zero-order valence-corrected chi connectivity index (χ0v) is 20.6. The van der Waals surface area contributed by atoms with Gasteiger partial charge in [-0.2, -0.15) is 5.10 Å². The molecule has 36 heavy (non-hydrogen) atoms. The van der Waals surface area contributed by atoms with Crippen LogP contribution in [0.25, 0.3) is 6.08 Å². The highest BCUT2D eigenvalue weighted by Crippen LogP contribution is 2.25. The highest BCUT2D eigenvalue weighted by Gasteiger charge is 2.14. The average Bonchev–Trinajstić information content (AvgIpc) is 2.91. The van der Waals surface area contributed by atoms with E-state index in [1.807, 2.05) is 30.3 Å². The van der Waals surface area contributed by atoms with Crippen LogP contribution in [-0.2, 0) is 4.79 Å². The van der Waals surface area contributed by atoms with Crippen LogP contribution in [0.1, 0.15) is 35.3 Å². The smallest absolute Gasteiger partial charge is 0.287 e. The summed E-state index contributed by atoms with van der Waals surface area (Å²) in [7, 11) is 1.44. The number of nitrogens with zero attached hydrogens (tertiary/aromatic N) is 2. The maximum Gasteiger partial charge on any atom is 0.287 e. The molecule has 3 aromatic carbocycles. The van der Waals surface area contributed by atoms with Gasteiger partial charge in [-0.1, -0.05) is 30.3 Å². The summed E-state index contributed by atoms with van der Waals surface area (Å²) in [6.07, 6.45) is 3.01. The van der Waals surface area contributed by atoms with Gasteiger partial charge in [0.1, 0.15) is 5.70 Å². The van der Waals surface area contributed by atoms with Crippen molar-refractivity contribution in [1.29, 1.82) is 0 Å². The van der Waals surface area contributed by atoms with Crippen LogP contribution in [0.5, 0.6) is 11.5 Å².